The molecule has 0 saturated heterocycles. The van der Waals surface area contributed by atoms with E-state index in [1.165, 1.54) is 6.08 Å². The van der Waals surface area contributed by atoms with Gasteiger partial charge in [-0.15, -0.1) is 11.3 Å². The van der Waals surface area contributed by atoms with Gasteiger partial charge in [-0.1, -0.05) is 19.1 Å². The number of fused-ring (bicyclic) bond motifs is 1. The number of nitrogens with zero attached hydrogens (tertiary/aromatic N) is 1. The molecule has 2 N–H and O–H groups in total. The van der Waals surface area contributed by atoms with Crippen LogP contribution in [-0.4, -0.2) is 29.1 Å². The average molecular weight is 276 g/mol. The fraction of sp³-hybridized carbons (Fsp3) is 0.286. The van der Waals surface area contributed by atoms with Crippen LogP contribution >= 0.6 is 11.3 Å². The number of aliphatic hydroxyl groups excluding tert-OH is 1. The predicted molar refractivity (Wildman–Crippen MR) is 77.9 cm³/mol. The highest BCUT2D eigenvalue weighted by Gasteiger charge is 2.03. The third-order valence-corrected chi connectivity index (χ3v) is 3.63. The Labute approximate surface area is 115 Å². The van der Waals surface area contributed by atoms with Crippen LogP contribution in [-0.2, 0) is 4.79 Å². The second-order valence-corrected chi connectivity index (χ2v) is 5.45. The van der Waals surface area contributed by atoms with Crippen LogP contribution < -0.4 is 5.32 Å². The normalized spacial score (nSPS) is 12.9. The van der Waals surface area contributed by atoms with Gasteiger partial charge in [0.1, 0.15) is 5.01 Å². The molecular weight excluding hydrogens is 260 g/mol. The van der Waals surface area contributed by atoms with Crippen molar-refractivity contribution in [2.24, 2.45) is 5.92 Å². The monoisotopic (exact) mass is 276 g/mol. The average Bonchev–Trinajstić information content (AvgIpc) is 2.85. The summed E-state index contributed by atoms with van der Waals surface area (Å²) in [7, 11) is 0. The minimum absolute atomic E-state index is 0.0693. The van der Waals surface area contributed by atoms with Gasteiger partial charge in [0.25, 0.3) is 0 Å². The molecule has 1 amide bonds. The molecule has 19 heavy (non-hydrogen) atoms. The van der Waals surface area contributed by atoms with Crippen molar-refractivity contribution in [1.82, 2.24) is 10.3 Å². The number of amides is 1. The van der Waals surface area contributed by atoms with Crippen LogP contribution in [0, 0.1) is 5.92 Å². The van der Waals surface area contributed by atoms with Crippen LogP contribution in [0.25, 0.3) is 16.3 Å². The second kappa shape index (κ2) is 6.45. The molecule has 0 aliphatic rings. The lowest BCUT2D eigenvalue weighted by molar-refractivity contribution is -0.116. The largest absolute Gasteiger partial charge is 0.396 e. The van der Waals surface area contributed by atoms with Crippen LogP contribution in [0.5, 0.6) is 0 Å². The molecule has 0 fully saturated rings. The van der Waals surface area contributed by atoms with E-state index in [9.17, 15) is 4.79 Å². The minimum Gasteiger partial charge on any atom is -0.396 e. The molecule has 4 nitrogen and oxygen atoms in total. The van der Waals surface area contributed by atoms with Crippen LogP contribution in [0.4, 0.5) is 0 Å². The van der Waals surface area contributed by atoms with Gasteiger partial charge in [0, 0.05) is 19.2 Å². The van der Waals surface area contributed by atoms with Crippen molar-refractivity contribution in [3.63, 3.8) is 0 Å². The van der Waals surface area contributed by atoms with E-state index in [2.05, 4.69) is 10.3 Å². The van der Waals surface area contributed by atoms with Crippen molar-refractivity contribution < 1.29 is 9.90 Å². The molecule has 0 radical (unpaired) electrons. The number of para-hydroxylation sites is 1. The van der Waals surface area contributed by atoms with Gasteiger partial charge in [-0.3, -0.25) is 4.79 Å². The molecule has 1 unspecified atom stereocenters. The molecule has 0 spiro atoms. The summed E-state index contributed by atoms with van der Waals surface area (Å²) >= 11 is 1.55. The van der Waals surface area contributed by atoms with Crippen molar-refractivity contribution in [2.75, 3.05) is 13.2 Å². The highest BCUT2D eigenvalue weighted by molar-refractivity contribution is 7.19. The van der Waals surface area contributed by atoms with E-state index in [0.29, 0.717) is 6.54 Å². The molecule has 0 aliphatic heterocycles. The Bertz CT molecular complexity index is 559. The molecule has 1 atom stereocenters. The molecular formula is C14H16N2O2S. The minimum atomic E-state index is -0.167. The Morgan fingerprint density at radius 1 is 1.53 bits per heavy atom. The third kappa shape index (κ3) is 3.87. The number of hydrogen-bond donors (Lipinski definition) is 2. The van der Waals surface area contributed by atoms with E-state index in [1.807, 2.05) is 31.2 Å². The van der Waals surface area contributed by atoms with Gasteiger partial charge in [-0.05, 0) is 24.1 Å². The number of thiazole rings is 1. The van der Waals surface area contributed by atoms with Gasteiger partial charge in [-0.25, -0.2) is 4.98 Å². The first-order chi connectivity index (χ1) is 9.19. The SMILES string of the molecule is CC(CO)CNC(=O)/C=C/c1nc2ccccc2s1. The Balaban J connectivity index is 1.96. The highest BCUT2D eigenvalue weighted by Crippen LogP contribution is 2.22. The maximum atomic E-state index is 11.5. The molecule has 1 heterocycles. The standard InChI is InChI=1S/C14H16N2O2S/c1-10(9-17)8-15-13(18)6-7-14-16-11-4-2-3-5-12(11)19-14/h2-7,10,17H,8-9H2,1H3,(H,15,18)/b7-6+. The van der Waals surface area contributed by atoms with Crippen molar-refractivity contribution in [2.45, 2.75) is 6.92 Å². The summed E-state index contributed by atoms with van der Waals surface area (Å²) in [5.74, 6) is -0.0978. The number of aromatic nitrogens is 1. The molecule has 1 aromatic carbocycles. The molecule has 100 valence electrons. The molecule has 2 rings (SSSR count). The summed E-state index contributed by atoms with van der Waals surface area (Å²) in [6.07, 6.45) is 3.19. The zero-order chi connectivity index (χ0) is 13.7. The van der Waals surface area contributed by atoms with Gasteiger partial charge in [-0.2, -0.15) is 0 Å². The maximum absolute atomic E-state index is 11.5. The first kappa shape index (κ1) is 13.7. The summed E-state index contributed by atoms with van der Waals surface area (Å²) in [5.41, 5.74) is 0.946. The lowest BCUT2D eigenvalue weighted by Gasteiger charge is -2.06. The predicted octanol–water partition coefficient (Wildman–Crippen LogP) is 2.05. The van der Waals surface area contributed by atoms with Crippen LogP contribution in [0.1, 0.15) is 11.9 Å². The zero-order valence-electron chi connectivity index (χ0n) is 10.7. The smallest absolute Gasteiger partial charge is 0.244 e. The van der Waals surface area contributed by atoms with Gasteiger partial charge < -0.3 is 10.4 Å². The van der Waals surface area contributed by atoms with Crippen LogP contribution in [0.15, 0.2) is 30.3 Å². The first-order valence-corrected chi connectivity index (χ1v) is 6.93. The number of benzene rings is 1. The molecule has 5 heteroatoms. The molecule has 2 aromatic rings. The number of nitrogens with one attached hydrogen (secondary N) is 1. The Hall–Kier alpha value is -1.72. The molecule has 0 aliphatic carbocycles. The topological polar surface area (TPSA) is 62.2 Å². The summed E-state index contributed by atoms with van der Waals surface area (Å²) in [5, 5.41) is 12.4. The molecule has 0 saturated carbocycles. The van der Waals surface area contributed by atoms with Gasteiger partial charge in [0.15, 0.2) is 0 Å². The summed E-state index contributed by atoms with van der Waals surface area (Å²) in [6, 6.07) is 7.87. The van der Waals surface area contributed by atoms with Crippen molar-refractivity contribution in [1.29, 1.82) is 0 Å². The van der Waals surface area contributed by atoms with E-state index in [0.717, 1.165) is 15.2 Å². The van der Waals surface area contributed by atoms with Gasteiger partial charge in [0.05, 0.1) is 10.2 Å². The first-order valence-electron chi connectivity index (χ1n) is 6.11. The van der Waals surface area contributed by atoms with E-state index in [-0.39, 0.29) is 18.4 Å². The van der Waals surface area contributed by atoms with Crippen molar-refractivity contribution >= 4 is 33.5 Å². The van der Waals surface area contributed by atoms with Gasteiger partial charge >= 0.3 is 0 Å². The van der Waals surface area contributed by atoms with Crippen LogP contribution in [0.2, 0.25) is 0 Å². The Kier molecular flexibility index (Phi) is 4.65. The van der Waals surface area contributed by atoms with Crippen molar-refractivity contribution in [3.05, 3.63) is 35.3 Å². The quantitative estimate of drug-likeness (QED) is 0.822. The summed E-state index contributed by atoms with van der Waals surface area (Å²) in [6.45, 7) is 2.42. The van der Waals surface area contributed by atoms with E-state index in [4.69, 9.17) is 5.11 Å². The number of carbonyl (C=O) groups excluding carboxylic acids is 1. The lowest BCUT2D eigenvalue weighted by atomic mass is 10.2. The fourth-order valence-corrected chi connectivity index (χ4v) is 2.38. The Morgan fingerprint density at radius 3 is 3.05 bits per heavy atom. The number of aliphatic hydroxyl groups is 1. The zero-order valence-corrected chi connectivity index (χ0v) is 11.5. The van der Waals surface area contributed by atoms with Gasteiger partial charge in [0.2, 0.25) is 5.91 Å². The highest BCUT2D eigenvalue weighted by atomic mass is 32.1. The number of hydrogen-bond acceptors (Lipinski definition) is 4. The Morgan fingerprint density at radius 2 is 2.32 bits per heavy atom. The maximum Gasteiger partial charge on any atom is 0.244 e. The fourth-order valence-electron chi connectivity index (χ4n) is 1.51. The van der Waals surface area contributed by atoms with E-state index in [1.54, 1.807) is 17.4 Å². The molecule has 0 bridgehead atoms. The number of carbonyl (C=O) groups is 1. The van der Waals surface area contributed by atoms with Crippen molar-refractivity contribution in [3.8, 4) is 0 Å². The van der Waals surface area contributed by atoms with E-state index >= 15 is 0 Å². The molecule has 1 aromatic heterocycles. The lowest BCUT2D eigenvalue weighted by Crippen LogP contribution is -2.27. The summed E-state index contributed by atoms with van der Waals surface area (Å²) in [4.78, 5) is 16.0. The van der Waals surface area contributed by atoms with Crippen LogP contribution in [0.3, 0.4) is 0 Å². The summed E-state index contributed by atoms with van der Waals surface area (Å²) < 4.78 is 1.11. The second-order valence-electron chi connectivity index (χ2n) is 4.39. The third-order valence-electron chi connectivity index (χ3n) is 2.62. The number of rotatable bonds is 5. The van der Waals surface area contributed by atoms with E-state index < -0.39 is 0 Å².